The molecule has 3 heteroatoms. The molecule has 0 aliphatic carbocycles. The van der Waals surface area contributed by atoms with E-state index in [0.29, 0.717) is 12.1 Å². The Hall–Kier alpha value is -2.29. The summed E-state index contributed by atoms with van der Waals surface area (Å²) in [6.07, 6.45) is 0.877. The van der Waals surface area contributed by atoms with E-state index in [9.17, 15) is 4.79 Å². The number of benzene rings is 2. The Bertz CT molecular complexity index is 614. The first-order valence-electron chi connectivity index (χ1n) is 6.84. The summed E-state index contributed by atoms with van der Waals surface area (Å²) in [6, 6.07) is 14.5. The minimum Gasteiger partial charge on any atom is -0.384 e. The lowest BCUT2D eigenvalue weighted by Gasteiger charge is -2.10. The van der Waals surface area contributed by atoms with Crippen molar-refractivity contribution in [3.63, 3.8) is 0 Å². The summed E-state index contributed by atoms with van der Waals surface area (Å²) < 4.78 is 0. The standard InChI is InChI=1S/C17H20N2O/c1-13(2)17(20)19-12-6-11-18-16-10-5-8-14-7-3-4-9-15(14)16/h3-5,7-10,18H,1,6,11-12H2,2H3,(H,19,20). The topological polar surface area (TPSA) is 41.1 Å². The summed E-state index contributed by atoms with van der Waals surface area (Å²) >= 11 is 0. The van der Waals surface area contributed by atoms with Crippen LogP contribution >= 0.6 is 0 Å². The van der Waals surface area contributed by atoms with E-state index in [-0.39, 0.29) is 5.91 Å². The molecule has 104 valence electrons. The van der Waals surface area contributed by atoms with Gasteiger partial charge in [-0.25, -0.2) is 0 Å². The number of fused-ring (bicyclic) bond motifs is 1. The molecule has 2 aromatic rings. The first kappa shape index (κ1) is 14.1. The quantitative estimate of drug-likeness (QED) is 0.623. The van der Waals surface area contributed by atoms with Gasteiger partial charge >= 0.3 is 0 Å². The third-order valence-corrected chi connectivity index (χ3v) is 3.13. The Morgan fingerprint density at radius 3 is 2.65 bits per heavy atom. The first-order chi connectivity index (χ1) is 9.68. The van der Waals surface area contributed by atoms with Crippen LogP contribution < -0.4 is 10.6 Å². The van der Waals surface area contributed by atoms with Crippen molar-refractivity contribution >= 4 is 22.4 Å². The minimum absolute atomic E-state index is 0.0739. The van der Waals surface area contributed by atoms with E-state index in [1.54, 1.807) is 6.92 Å². The molecule has 0 aliphatic rings. The molecule has 0 heterocycles. The molecule has 0 saturated heterocycles. The SMILES string of the molecule is C=C(C)C(=O)NCCCNc1cccc2ccccc12. The maximum atomic E-state index is 11.3. The molecule has 20 heavy (non-hydrogen) atoms. The molecule has 2 N–H and O–H groups in total. The number of carbonyl (C=O) groups is 1. The van der Waals surface area contributed by atoms with Gasteiger partial charge < -0.3 is 10.6 Å². The van der Waals surface area contributed by atoms with Crippen LogP contribution in [0.25, 0.3) is 10.8 Å². The van der Waals surface area contributed by atoms with Crippen molar-refractivity contribution < 1.29 is 4.79 Å². The van der Waals surface area contributed by atoms with Gasteiger partial charge in [0.2, 0.25) is 5.91 Å². The zero-order valence-electron chi connectivity index (χ0n) is 11.8. The largest absolute Gasteiger partial charge is 0.384 e. The molecule has 0 unspecified atom stereocenters. The van der Waals surface area contributed by atoms with E-state index in [0.717, 1.165) is 18.7 Å². The van der Waals surface area contributed by atoms with Crippen molar-refractivity contribution in [3.8, 4) is 0 Å². The van der Waals surface area contributed by atoms with E-state index < -0.39 is 0 Å². The van der Waals surface area contributed by atoms with Crippen LogP contribution in [0.15, 0.2) is 54.6 Å². The van der Waals surface area contributed by atoms with Crippen LogP contribution in [-0.2, 0) is 4.79 Å². The monoisotopic (exact) mass is 268 g/mol. The van der Waals surface area contributed by atoms with Crippen molar-refractivity contribution in [1.82, 2.24) is 5.32 Å². The maximum Gasteiger partial charge on any atom is 0.246 e. The second-order valence-corrected chi connectivity index (χ2v) is 4.84. The number of carbonyl (C=O) groups excluding carboxylic acids is 1. The summed E-state index contributed by atoms with van der Waals surface area (Å²) in [5.41, 5.74) is 1.68. The minimum atomic E-state index is -0.0739. The van der Waals surface area contributed by atoms with Gasteiger partial charge in [0, 0.05) is 29.7 Å². The molecule has 0 spiro atoms. The zero-order valence-corrected chi connectivity index (χ0v) is 11.8. The lowest BCUT2D eigenvalue weighted by atomic mass is 10.1. The van der Waals surface area contributed by atoms with Gasteiger partial charge in [0.05, 0.1) is 0 Å². The molecule has 0 saturated carbocycles. The van der Waals surface area contributed by atoms with Crippen LogP contribution in [0.5, 0.6) is 0 Å². The van der Waals surface area contributed by atoms with Gasteiger partial charge in [-0.3, -0.25) is 4.79 Å². The van der Waals surface area contributed by atoms with Crippen molar-refractivity contribution in [3.05, 3.63) is 54.6 Å². The summed E-state index contributed by atoms with van der Waals surface area (Å²) in [6.45, 7) is 6.80. The summed E-state index contributed by atoms with van der Waals surface area (Å²) in [5, 5.41) is 8.70. The molecule has 2 aromatic carbocycles. The lowest BCUT2D eigenvalue weighted by molar-refractivity contribution is -0.117. The third kappa shape index (κ3) is 3.60. The van der Waals surface area contributed by atoms with E-state index in [1.807, 2.05) is 18.2 Å². The van der Waals surface area contributed by atoms with Crippen LogP contribution in [0.3, 0.4) is 0 Å². The highest BCUT2D eigenvalue weighted by Crippen LogP contribution is 2.22. The van der Waals surface area contributed by atoms with E-state index >= 15 is 0 Å². The number of hydrogen-bond donors (Lipinski definition) is 2. The molecule has 0 fully saturated rings. The molecule has 0 atom stereocenters. The van der Waals surface area contributed by atoms with E-state index in [4.69, 9.17) is 0 Å². The number of amides is 1. The molecular formula is C17H20N2O. The average molecular weight is 268 g/mol. The normalized spacial score (nSPS) is 10.2. The Morgan fingerprint density at radius 1 is 1.10 bits per heavy atom. The van der Waals surface area contributed by atoms with E-state index in [1.165, 1.54) is 10.8 Å². The molecule has 0 bridgehead atoms. The third-order valence-electron chi connectivity index (χ3n) is 3.13. The second kappa shape index (κ2) is 6.75. The highest BCUT2D eigenvalue weighted by Gasteiger charge is 2.01. The summed E-state index contributed by atoms with van der Waals surface area (Å²) in [7, 11) is 0. The molecule has 3 nitrogen and oxygen atoms in total. The van der Waals surface area contributed by atoms with Gasteiger partial charge in [-0.2, -0.15) is 0 Å². The van der Waals surface area contributed by atoms with Gasteiger partial charge in [-0.15, -0.1) is 0 Å². The Kier molecular flexibility index (Phi) is 4.77. The summed E-state index contributed by atoms with van der Waals surface area (Å²) in [5.74, 6) is -0.0739. The molecule has 0 radical (unpaired) electrons. The Labute approximate surface area is 119 Å². The van der Waals surface area contributed by atoms with Crippen LogP contribution in [-0.4, -0.2) is 19.0 Å². The maximum absolute atomic E-state index is 11.3. The zero-order chi connectivity index (χ0) is 14.4. The fourth-order valence-corrected chi connectivity index (χ4v) is 2.04. The van der Waals surface area contributed by atoms with Gasteiger partial charge in [-0.05, 0) is 24.8 Å². The Balaban J connectivity index is 1.84. The van der Waals surface area contributed by atoms with Gasteiger partial charge in [0.25, 0.3) is 0 Å². The highest BCUT2D eigenvalue weighted by atomic mass is 16.1. The number of rotatable bonds is 6. The average Bonchev–Trinajstić information content (AvgIpc) is 2.46. The molecule has 2 rings (SSSR count). The van der Waals surface area contributed by atoms with Crippen molar-refractivity contribution in [2.75, 3.05) is 18.4 Å². The van der Waals surface area contributed by atoms with Crippen LogP contribution in [0.1, 0.15) is 13.3 Å². The van der Waals surface area contributed by atoms with Gasteiger partial charge in [0.15, 0.2) is 0 Å². The predicted molar refractivity (Wildman–Crippen MR) is 84.9 cm³/mol. The van der Waals surface area contributed by atoms with Crippen LogP contribution in [0.2, 0.25) is 0 Å². The fraction of sp³-hybridized carbons (Fsp3) is 0.235. The summed E-state index contributed by atoms with van der Waals surface area (Å²) in [4.78, 5) is 11.3. The molecule has 1 amide bonds. The predicted octanol–water partition coefficient (Wildman–Crippen LogP) is 3.33. The second-order valence-electron chi connectivity index (χ2n) is 4.84. The number of nitrogens with one attached hydrogen (secondary N) is 2. The number of hydrogen-bond acceptors (Lipinski definition) is 2. The van der Waals surface area contributed by atoms with Gasteiger partial charge in [0.1, 0.15) is 0 Å². The van der Waals surface area contributed by atoms with Crippen molar-refractivity contribution in [2.24, 2.45) is 0 Å². The van der Waals surface area contributed by atoms with Crippen LogP contribution in [0.4, 0.5) is 5.69 Å². The highest BCUT2D eigenvalue weighted by molar-refractivity contribution is 5.93. The van der Waals surface area contributed by atoms with Crippen molar-refractivity contribution in [2.45, 2.75) is 13.3 Å². The van der Waals surface area contributed by atoms with Crippen LogP contribution in [0, 0.1) is 0 Å². The Morgan fingerprint density at radius 2 is 1.85 bits per heavy atom. The van der Waals surface area contributed by atoms with Gasteiger partial charge in [-0.1, -0.05) is 43.0 Å². The lowest BCUT2D eigenvalue weighted by Crippen LogP contribution is -2.26. The smallest absolute Gasteiger partial charge is 0.246 e. The molecule has 0 aliphatic heterocycles. The fourth-order valence-electron chi connectivity index (χ4n) is 2.04. The number of anilines is 1. The first-order valence-corrected chi connectivity index (χ1v) is 6.84. The molecular weight excluding hydrogens is 248 g/mol. The van der Waals surface area contributed by atoms with E-state index in [2.05, 4.69) is 41.5 Å². The molecule has 0 aromatic heterocycles. The van der Waals surface area contributed by atoms with Crippen molar-refractivity contribution in [1.29, 1.82) is 0 Å².